The largest absolute Gasteiger partial charge is 0.444 e. The van der Waals surface area contributed by atoms with E-state index in [4.69, 9.17) is 9.72 Å². The lowest BCUT2D eigenvalue weighted by atomic mass is 10.2. The van der Waals surface area contributed by atoms with Gasteiger partial charge in [0.15, 0.2) is 5.13 Å². The van der Waals surface area contributed by atoms with Gasteiger partial charge in [0.2, 0.25) is 0 Å². The van der Waals surface area contributed by atoms with Crippen molar-refractivity contribution in [1.29, 1.82) is 0 Å². The van der Waals surface area contributed by atoms with Crippen LogP contribution in [0.4, 0.5) is 9.93 Å². The van der Waals surface area contributed by atoms with Crippen LogP contribution in [0.1, 0.15) is 33.6 Å². The molecular formula is C18H23N3O2S. The molecule has 2 aliphatic rings. The lowest BCUT2D eigenvalue weighted by molar-refractivity contribution is 0.0209. The van der Waals surface area contributed by atoms with Crippen molar-refractivity contribution in [2.45, 2.75) is 51.3 Å². The molecule has 2 atom stereocenters. The van der Waals surface area contributed by atoms with E-state index in [1.54, 1.807) is 11.3 Å². The van der Waals surface area contributed by atoms with Crippen LogP contribution in [0.15, 0.2) is 24.3 Å². The van der Waals surface area contributed by atoms with Crippen LogP contribution in [0.25, 0.3) is 10.2 Å². The molecule has 1 amide bonds. The molecular weight excluding hydrogens is 322 g/mol. The van der Waals surface area contributed by atoms with Gasteiger partial charge in [0, 0.05) is 25.2 Å². The molecule has 24 heavy (non-hydrogen) atoms. The van der Waals surface area contributed by atoms with Crippen LogP contribution in [0.3, 0.4) is 0 Å². The van der Waals surface area contributed by atoms with Crippen molar-refractivity contribution in [3.8, 4) is 0 Å². The first-order chi connectivity index (χ1) is 11.4. The number of fused-ring (bicyclic) bond motifs is 3. The molecule has 128 valence electrons. The zero-order valence-electron chi connectivity index (χ0n) is 14.4. The molecule has 2 aliphatic heterocycles. The number of aromatic nitrogens is 1. The van der Waals surface area contributed by atoms with Gasteiger partial charge in [0.05, 0.1) is 10.2 Å². The lowest BCUT2D eigenvalue weighted by Gasteiger charge is -2.41. The van der Waals surface area contributed by atoms with E-state index < -0.39 is 5.60 Å². The highest BCUT2D eigenvalue weighted by molar-refractivity contribution is 7.22. The number of piperazine rings is 1. The number of nitrogens with zero attached hydrogens (tertiary/aromatic N) is 3. The maximum atomic E-state index is 12.4. The van der Waals surface area contributed by atoms with Crippen molar-refractivity contribution < 1.29 is 9.53 Å². The first kappa shape index (κ1) is 15.7. The van der Waals surface area contributed by atoms with Gasteiger partial charge in [0.25, 0.3) is 0 Å². The van der Waals surface area contributed by atoms with Crippen molar-refractivity contribution in [3.05, 3.63) is 24.3 Å². The average molecular weight is 345 g/mol. The van der Waals surface area contributed by atoms with Gasteiger partial charge in [-0.15, -0.1) is 0 Å². The van der Waals surface area contributed by atoms with Crippen LogP contribution in [0.2, 0.25) is 0 Å². The molecule has 2 aromatic rings. The summed E-state index contributed by atoms with van der Waals surface area (Å²) in [6.45, 7) is 7.19. The Morgan fingerprint density at radius 3 is 2.50 bits per heavy atom. The van der Waals surface area contributed by atoms with Crippen LogP contribution in [-0.2, 0) is 4.74 Å². The number of carbonyl (C=O) groups excluding carboxylic acids is 1. The number of rotatable bonds is 1. The average Bonchev–Trinajstić information content (AvgIpc) is 3.03. The summed E-state index contributed by atoms with van der Waals surface area (Å²) in [6, 6.07) is 8.96. The zero-order chi connectivity index (χ0) is 16.9. The van der Waals surface area contributed by atoms with Crippen molar-refractivity contribution in [2.75, 3.05) is 18.0 Å². The number of hydrogen-bond donors (Lipinski definition) is 0. The molecule has 1 aromatic carbocycles. The van der Waals surface area contributed by atoms with Gasteiger partial charge in [0.1, 0.15) is 5.60 Å². The number of hydrogen-bond acceptors (Lipinski definition) is 5. The Kier molecular flexibility index (Phi) is 3.67. The van der Waals surface area contributed by atoms with E-state index in [1.807, 2.05) is 31.7 Å². The summed E-state index contributed by atoms with van der Waals surface area (Å²) in [4.78, 5) is 21.5. The second kappa shape index (κ2) is 5.62. The summed E-state index contributed by atoms with van der Waals surface area (Å²) in [5, 5.41) is 1.09. The predicted octanol–water partition coefficient (Wildman–Crippen LogP) is 3.88. The first-order valence-electron chi connectivity index (χ1n) is 8.52. The second-order valence-electron chi connectivity index (χ2n) is 7.64. The molecule has 0 aliphatic carbocycles. The monoisotopic (exact) mass is 345 g/mol. The number of anilines is 1. The fourth-order valence-corrected chi connectivity index (χ4v) is 4.77. The second-order valence-corrected chi connectivity index (χ2v) is 8.65. The Bertz CT molecular complexity index is 720. The molecule has 0 N–H and O–H groups in total. The maximum absolute atomic E-state index is 12.4. The van der Waals surface area contributed by atoms with Crippen LogP contribution >= 0.6 is 11.3 Å². The Labute approximate surface area is 146 Å². The van der Waals surface area contributed by atoms with E-state index in [0.717, 1.165) is 36.6 Å². The van der Waals surface area contributed by atoms with Gasteiger partial charge in [-0.1, -0.05) is 23.5 Å². The quantitative estimate of drug-likeness (QED) is 0.787. The summed E-state index contributed by atoms with van der Waals surface area (Å²) in [7, 11) is 0. The Morgan fingerprint density at radius 2 is 1.88 bits per heavy atom. The molecule has 2 unspecified atom stereocenters. The third kappa shape index (κ3) is 2.83. The number of thiazole rings is 1. The minimum atomic E-state index is -0.444. The molecule has 1 aromatic heterocycles. The van der Waals surface area contributed by atoms with Gasteiger partial charge in [-0.3, -0.25) is 0 Å². The summed E-state index contributed by atoms with van der Waals surface area (Å²) >= 11 is 1.75. The van der Waals surface area contributed by atoms with Gasteiger partial charge >= 0.3 is 6.09 Å². The van der Waals surface area contributed by atoms with E-state index in [0.29, 0.717) is 12.1 Å². The minimum Gasteiger partial charge on any atom is -0.444 e. The third-order valence-corrected chi connectivity index (χ3v) is 5.69. The van der Waals surface area contributed by atoms with Crippen LogP contribution in [0, 0.1) is 0 Å². The molecule has 6 heteroatoms. The molecule has 0 saturated carbocycles. The van der Waals surface area contributed by atoms with Gasteiger partial charge in [-0.25, -0.2) is 9.78 Å². The summed E-state index contributed by atoms with van der Waals surface area (Å²) in [5.41, 5.74) is 0.617. The lowest BCUT2D eigenvalue weighted by Crippen LogP contribution is -2.56. The number of carbonyl (C=O) groups is 1. The Morgan fingerprint density at radius 1 is 1.21 bits per heavy atom. The molecule has 0 radical (unpaired) electrons. The number of likely N-dealkylation sites (tertiary alicyclic amines) is 1. The summed E-state index contributed by atoms with van der Waals surface area (Å²) in [5.74, 6) is 0. The number of benzene rings is 1. The smallest absolute Gasteiger partial charge is 0.410 e. The highest BCUT2D eigenvalue weighted by Gasteiger charge is 2.43. The van der Waals surface area contributed by atoms with Crippen LogP contribution < -0.4 is 4.90 Å². The van der Waals surface area contributed by atoms with E-state index in [9.17, 15) is 4.79 Å². The first-order valence-corrected chi connectivity index (χ1v) is 9.34. The van der Waals surface area contributed by atoms with Crippen molar-refractivity contribution in [2.24, 2.45) is 0 Å². The van der Waals surface area contributed by atoms with E-state index in [1.165, 1.54) is 4.70 Å². The fourth-order valence-electron chi connectivity index (χ4n) is 3.66. The molecule has 0 spiro atoms. The van der Waals surface area contributed by atoms with Crippen LogP contribution in [0.5, 0.6) is 0 Å². The molecule has 2 saturated heterocycles. The summed E-state index contributed by atoms with van der Waals surface area (Å²) < 4.78 is 6.77. The maximum Gasteiger partial charge on any atom is 0.410 e. The van der Waals surface area contributed by atoms with Gasteiger partial charge in [-0.05, 0) is 45.7 Å². The highest BCUT2D eigenvalue weighted by atomic mass is 32.1. The molecule has 4 rings (SSSR count). The molecule has 2 bridgehead atoms. The third-order valence-electron chi connectivity index (χ3n) is 4.64. The van der Waals surface area contributed by atoms with E-state index in [2.05, 4.69) is 23.1 Å². The van der Waals surface area contributed by atoms with Gasteiger partial charge < -0.3 is 14.5 Å². The normalized spacial score (nSPS) is 23.8. The van der Waals surface area contributed by atoms with E-state index >= 15 is 0 Å². The van der Waals surface area contributed by atoms with Crippen molar-refractivity contribution in [1.82, 2.24) is 9.88 Å². The number of para-hydroxylation sites is 1. The zero-order valence-corrected chi connectivity index (χ0v) is 15.2. The Balaban J connectivity index is 1.54. The topological polar surface area (TPSA) is 45.7 Å². The molecule has 2 fully saturated rings. The molecule has 5 nitrogen and oxygen atoms in total. The van der Waals surface area contributed by atoms with Crippen molar-refractivity contribution in [3.63, 3.8) is 0 Å². The minimum absolute atomic E-state index is 0.191. The summed E-state index contributed by atoms with van der Waals surface area (Å²) in [6.07, 6.45) is 2.03. The Hall–Kier alpha value is -1.82. The standard InChI is InChI=1S/C18H23N3O2S/c1-18(2,3)23-17(22)20-10-12-8-9-13(11-20)21(12)16-19-14-6-4-5-7-15(14)24-16/h4-7,12-13H,8-11H2,1-3H3. The van der Waals surface area contributed by atoms with Crippen LogP contribution in [-0.4, -0.2) is 46.8 Å². The SMILES string of the molecule is CC(C)(C)OC(=O)N1CC2CCC(C1)N2c1nc2ccccc2s1. The van der Waals surface area contributed by atoms with Crippen molar-refractivity contribution >= 4 is 32.8 Å². The predicted molar refractivity (Wildman–Crippen MR) is 96.7 cm³/mol. The highest BCUT2D eigenvalue weighted by Crippen LogP contribution is 2.39. The number of ether oxygens (including phenoxy) is 1. The van der Waals surface area contributed by atoms with E-state index in [-0.39, 0.29) is 6.09 Å². The van der Waals surface area contributed by atoms with Gasteiger partial charge in [-0.2, -0.15) is 0 Å². The number of amides is 1. The molecule has 3 heterocycles. The fraction of sp³-hybridized carbons (Fsp3) is 0.556.